The van der Waals surface area contributed by atoms with Crippen LogP contribution in [0.3, 0.4) is 0 Å². The van der Waals surface area contributed by atoms with Crippen molar-refractivity contribution in [2.45, 2.75) is 25.8 Å². The van der Waals surface area contributed by atoms with Crippen molar-refractivity contribution in [3.05, 3.63) is 59.4 Å². The molecule has 2 heterocycles. The zero-order valence-corrected chi connectivity index (χ0v) is 18.4. The van der Waals surface area contributed by atoms with Crippen LogP contribution in [-0.4, -0.2) is 51.3 Å². The molecule has 4 rings (SSSR count). The summed E-state index contributed by atoms with van der Waals surface area (Å²) in [4.78, 5) is 18.7. The lowest BCUT2D eigenvalue weighted by molar-refractivity contribution is -0.116. The molecule has 7 nitrogen and oxygen atoms in total. The van der Waals surface area contributed by atoms with Crippen LogP contribution in [0.25, 0.3) is 0 Å². The molecule has 2 aliphatic heterocycles. The Labute approximate surface area is 188 Å². The van der Waals surface area contributed by atoms with Gasteiger partial charge in [0.25, 0.3) is 0 Å². The quantitative estimate of drug-likeness (QED) is 0.477. The minimum absolute atomic E-state index is 0.0215. The summed E-state index contributed by atoms with van der Waals surface area (Å²) >= 11 is 0. The lowest BCUT2D eigenvalue weighted by Gasteiger charge is -2.29. The normalized spacial score (nSPS) is 18.7. The number of nitrogens with one attached hydrogen (secondary N) is 3. The molecule has 32 heavy (non-hydrogen) atoms. The second-order valence-corrected chi connectivity index (χ2v) is 8.00. The van der Waals surface area contributed by atoms with Crippen LogP contribution in [0.1, 0.15) is 30.4 Å². The SMILES string of the molecule is CCNC(=NCc1ccc(N2CCOCC2)c(F)c1)NCC1CC(=O)Nc2ccccc21. The van der Waals surface area contributed by atoms with Gasteiger partial charge in [0.05, 0.1) is 25.4 Å². The number of anilines is 2. The number of carbonyl (C=O) groups excluding carboxylic acids is 1. The van der Waals surface area contributed by atoms with Gasteiger partial charge >= 0.3 is 0 Å². The minimum Gasteiger partial charge on any atom is -0.378 e. The first-order valence-electron chi connectivity index (χ1n) is 11.2. The smallest absolute Gasteiger partial charge is 0.225 e. The molecule has 0 spiro atoms. The van der Waals surface area contributed by atoms with Gasteiger partial charge in [-0.15, -0.1) is 0 Å². The van der Waals surface area contributed by atoms with Crippen molar-refractivity contribution < 1.29 is 13.9 Å². The highest BCUT2D eigenvalue weighted by Gasteiger charge is 2.24. The Morgan fingerprint density at radius 2 is 2.03 bits per heavy atom. The molecule has 1 fully saturated rings. The molecule has 0 aliphatic carbocycles. The van der Waals surface area contributed by atoms with Crippen molar-refractivity contribution in [1.82, 2.24) is 10.6 Å². The lowest BCUT2D eigenvalue weighted by Crippen LogP contribution is -2.40. The fourth-order valence-corrected chi connectivity index (χ4v) is 4.13. The highest BCUT2D eigenvalue weighted by Crippen LogP contribution is 2.31. The van der Waals surface area contributed by atoms with E-state index in [4.69, 9.17) is 4.74 Å². The van der Waals surface area contributed by atoms with Crippen LogP contribution in [0, 0.1) is 5.82 Å². The zero-order valence-electron chi connectivity index (χ0n) is 18.4. The first kappa shape index (κ1) is 22.1. The van der Waals surface area contributed by atoms with Crippen molar-refractivity contribution in [2.75, 3.05) is 49.6 Å². The van der Waals surface area contributed by atoms with Crippen molar-refractivity contribution in [2.24, 2.45) is 4.99 Å². The van der Waals surface area contributed by atoms with E-state index in [-0.39, 0.29) is 17.6 Å². The summed E-state index contributed by atoms with van der Waals surface area (Å²) < 4.78 is 20.0. The van der Waals surface area contributed by atoms with Gasteiger partial charge in [-0.25, -0.2) is 9.38 Å². The predicted octanol–water partition coefficient (Wildman–Crippen LogP) is 2.84. The Hall–Kier alpha value is -3.13. The first-order chi connectivity index (χ1) is 15.6. The number of nitrogens with zero attached hydrogens (tertiary/aromatic N) is 2. The maximum absolute atomic E-state index is 14.7. The van der Waals surface area contributed by atoms with Gasteiger partial charge in [0, 0.05) is 44.2 Å². The topological polar surface area (TPSA) is 78.0 Å². The predicted molar refractivity (Wildman–Crippen MR) is 125 cm³/mol. The highest BCUT2D eigenvalue weighted by molar-refractivity contribution is 5.94. The number of fused-ring (bicyclic) bond motifs is 1. The Balaban J connectivity index is 1.40. The number of amides is 1. The van der Waals surface area contributed by atoms with Crippen molar-refractivity contribution in [1.29, 1.82) is 0 Å². The van der Waals surface area contributed by atoms with Gasteiger partial charge in [0.15, 0.2) is 5.96 Å². The molecule has 2 aromatic carbocycles. The van der Waals surface area contributed by atoms with Gasteiger partial charge in [-0.3, -0.25) is 4.79 Å². The fraction of sp³-hybridized carbons (Fsp3) is 0.417. The van der Waals surface area contributed by atoms with Crippen LogP contribution in [0.5, 0.6) is 0 Å². The monoisotopic (exact) mass is 439 g/mol. The molecule has 170 valence electrons. The Morgan fingerprint density at radius 3 is 2.81 bits per heavy atom. The number of hydrogen-bond donors (Lipinski definition) is 3. The number of guanidine groups is 1. The Morgan fingerprint density at radius 1 is 1.22 bits per heavy atom. The summed E-state index contributed by atoms with van der Waals surface area (Å²) in [5, 5.41) is 9.49. The van der Waals surface area contributed by atoms with Gasteiger partial charge in [-0.05, 0) is 36.2 Å². The average molecular weight is 440 g/mol. The van der Waals surface area contributed by atoms with Crippen molar-refractivity contribution in [3.63, 3.8) is 0 Å². The number of aliphatic imine (C=N–C) groups is 1. The number of halogens is 1. The molecule has 0 bridgehead atoms. The summed E-state index contributed by atoms with van der Waals surface area (Å²) in [5.41, 5.74) is 3.41. The molecule has 1 atom stereocenters. The third-order valence-electron chi connectivity index (χ3n) is 5.75. The lowest BCUT2D eigenvalue weighted by atomic mass is 9.90. The van der Waals surface area contributed by atoms with Gasteiger partial charge in [0.1, 0.15) is 5.82 Å². The molecule has 1 unspecified atom stereocenters. The summed E-state index contributed by atoms with van der Waals surface area (Å²) in [6.07, 6.45) is 0.428. The maximum Gasteiger partial charge on any atom is 0.225 e. The summed E-state index contributed by atoms with van der Waals surface area (Å²) in [6.45, 7) is 6.29. The van der Waals surface area contributed by atoms with Crippen LogP contribution in [0.4, 0.5) is 15.8 Å². The summed E-state index contributed by atoms with van der Waals surface area (Å²) in [7, 11) is 0. The second-order valence-electron chi connectivity index (χ2n) is 8.00. The molecule has 0 aromatic heterocycles. The molecule has 8 heteroatoms. The second kappa shape index (κ2) is 10.5. The standard InChI is InChI=1S/C24H30FN5O2/c1-2-26-24(28-16-18-14-23(31)29-21-6-4-3-5-19(18)21)27-15-17-7-8-22(20(25)13-17)30-9-11-32-12-10-30/h3-8,13,18H,2,9-12,14-16H2,1H3,(H,29,31)(H2,26,27,28). The van der Waals surface area contributed by atoms with Gasteiger partial charge < -0.3 is 25.6 Å². The summed E-state index contributed by atoms with van der Waals surface area (Å²) in [6, 6.07) is 13.2. The maximum atomic E-state index is 14.7. The van der Waals surface area contributed by atoms with E-state index < -0.39 is 0 Å². The van der Waals surface area contributed by atoms with Gasteiger partial charge in [0.2, 0.25) is 5.91 Å². The number of carbonyl (C=O) groups is 1. The van der Waals surface area contributed by atoms with Crippen molar-refractivity contribution in [3.8, 4) is 0 Å². The van der Waals surface area contributed by atoms with Gasteiger partial charge in [-0.2, -0.15) is 0 Å². The van der Waals surface area contributed by atoms with Crippen molar-refractivity contribution >= 4 is 23.2 Å². The molecular formula is C24H30FN5O2. The van der Waals surface area contributed by atoms with Crippen LogP contribution >= 0.6 is 0 Å². The molecule has 1 saturated heterocycles. The van der Waals surface area contributed by atoms with Crippen LogP contribution in [-0.2, 0) is 16.1 Å². The number of para-hydroxylation sites is 1. The minimum atomic E-state index is -0.234. The molecule has 0 saturated carbocycles. The van der Waals surface area contributed by atoms with E-state index in [1.54, 1.807) is 6.07 Å². The largest absolute Gasteiger partial charge is 0.378 e. The highest BCUT2D eigenvalue weighted by atomic mass is 19.1. The van der Waals surface area contributed by atoms with Gasteiger partial charge in [-0.1, -0.05) is 24.3 Å². The van der Waals surface area contributed by atoms with Crippen LogP contribution in [0.15, 0.2) is 47.5 Å². The number of ether oxygens (including phenoxy) is 1. The van der Waals surface area contributed by atoms with E-state index in [2.05, 4.69) is 20.9 Å². The molecule has 0 radical (unpaired) electrons. The van der Waals surface area contributed by atoms with E-state index in [9.17, 15) is 9.18 Å². The van der Waals surface area contributed by atoms with E-state index in [0.29, 0.717) is 64.0 Å². The third kappa shape index (κ3) is 5.37. The first-order valence-corrected chi connectivity index (χ1v) is 11.2. The number of hydrogen-bond acceptors (Lipinski definition) is 4. The Bertz CT molecular complexity index is 975. The zero-order chi connectivity index (χ0) is 22.3. The molecule has 1 amide bonds. The van der Waals surface area contributed by atoms with Crippen LogP contribution < -0.4 is 20.9 Å². The molecule has 2 aliphatic rings. The van der Waals surface area contributed by atoms with E-state index in [1.807, 2.05) is 48.2 Å². The third-order valence-corrected chi connectivity index (χ3v) is 5.75. The average Bonchev–Trinajstić information content (AvgIpc) is 2.81. The van der Waals surface area contributed by atoms with E-state index in [0.717, 1.165) is 16.8 Å². The molecular weight excluding hydrogens is 409 g/mol. The Kier molecular flexibility index (Phi) is 7.21. The van der Waals surface area contributed by atoms with E-state index in [1.165, 1.54) is 0 Å². The molecule has 2 aromatic rings. The van der Waals surface area contributed by atoms with Crippen LogP contribution in [0.2, 0.25) is 0 Å². The fourth-order valence-electron chi connectivity index (χ4n) is 4.13. The molecule has 3 N–H and O–H groups in total. The number of rotatable bonds is 6. The number of benzene rings is 2. The summed E-state index contributed by atoms with van der Waals surface area (Å²) in [5.74, 6) is 0.498. The van der Waals surface area contributed by atoms with E-state index >= 15 is 0 Å². The number of morpholine rings is 1.